The number of urea groups is 1. The minimum atomic E-state index is -0.850. The molecule has 2 amide bonds. The highest BCUT2D eigenvalue weighted by molar-refractivity contribution is 5.85. The molecule has 4 N–H and O–H groups in total. The third-order valence-corrected chi connectivity index (χ3v) is 6.46. The van der Waals surface area contributed by atoms with E-state index in [1.54, 1.807) is 24.4 Å². The Kier molecular flexibility index (Phi) is 10.5. The number of aliphatic hydroxyl groups is 1. The molecule has 1 unspecified atom stereocenters. The lowest BCUT2D eigenvalue weighted by molar-refractivity contribution is 0.0485. The maximum atomic E-state index is 12.8. The summed E-state index contributed by atoms with van der Waals surface area (Å²) in [6, 6.07) is 3.24. The fraction of sp³-hybridized carbons (Fsp3) is 0.583. The van der Waals surface area contributed by atoms with Crippen molar-refractivity contribution in [3.63, 3.8) is 0 Å². The van der Waals surface area contributed by atoms with Gasteiger partial charge in [-0.3, -0.25) is 4.98 Å². The zero-order valence-corrected chi connectivity index (χ0v) is 21.6. The van der Waals surface area contributed by atoms with E-state index in [0.29, 0.717) is 30.4 Å². The molecule has 0 aromatic carbocycles. The summed E-state index contributed by atoms with van der Waals surface area (Å²) in [5.74, 6) is 1.36. The van der Waals surface area contributed by atoms with Crippen molar-refractivity contribution >= 4 is 30.8 Å². The second-order valence-electron chi connectivity index (χ2n) is 9.71. The van der Waals surface area contributed by atoms with Crippen LogP contribution in [0.25, 0.3) is 0 Å². The molecular weight excluding hydrogens is 463 g/mol. The maximum Gasteiger partial charge on any atom is 0.315 e. The number of nitrogens with one attached hydrogen (secondary N) is 1. The Balaban J connectivity index is 0.00000272. The average molecular weight is 501 g/mol. The van der Waals surface area contributed by atoms with Crippen molar-refractivity contribution in [1.29, 1.82) is 0 Å². The van der Waals surface area contributed by atoms with E-state index in [2.05, 4.69) is 31.1 Å². The van der Waals surface area contributed by atoms with E-state index in [1.165, 1.54) is 0 Å². The summed E-state index contributed by atoms with van der Waals surface area (Å²) in [6.45, 7) is 8.37. The molecule has 0 saturated carbocycles. The first-order valence-electron chi connectivity index (χ1n) is 11.0. The molecule has 9 heteroatoms. The Morgan fingerprint density at radius 2 is 2.00 bits per heavy atom. The summed E-state index contributed by atoms with van der Waals surface area (Å²) >= 11 is 0. The number of halogens is 2. The van der Waals surface area contributed by atoms with Crippen LogP contribution in [0.15, 0.2) is 47.7 Å². The van der Waals surface area contributed by atoms with E-state index >= 15 is 0 Å². The van der Waals surface area contributed by atoms with Crippen molar-refractivity contribution in [2.24, 2.45) is 17.1 Å². The van der Waals surface area contributed by atoms with Crippen LogP contribution in [0.2, 0.25) is 0 Å². The second kappa shape index (κ2) is 12.0. The lowest BCUT2D eigenvalue weighted by Crippen LogP contribution is -2.57. The van der Waals surface area contributed by atoms with Gasteiger partial charge in [0.15, 0.2) is 0 Å². The number of ether oxygens (including phenoxy) is 1. The van der Waals surface area contributed by atoms with Crippen LogP contribution in [-0.2, 0) is 11.3 Å². The highest BCUT2D eigenvalue weighted by Gasteiger charge is 2.49. The van der Waals surface area contributed by atoms with Gasteiger partial charge in [0.25, 0.3) is 0 Å². The number of rotatable bonds is 6. The largest absolute Gasteiger partial charge is 0.512 e. The van der Waals surface area contributed by atoms with Crippen LogP contribution < -0.4 is 11.1 Å². The summed E-state index contributed by atoms with van der Waals surface area (Å²) in [4.78, 5) is 18.7. The quantitative estimate of drug-likeness (QED) is 0.524. The van der Waals surface area contributed by atoms with Crippen molar-refractivity contribution in [1.82, 2.24) is 15.2 Å². The molecule has 33 heavy (non-hydrogen) atoms. The fourth-order valence-corrected chi connectivity index (χ4v) is 4.90. The minimum absolute atomic E-state index is 0. The number of aliphatic hydroxyl groups excluding tert-OH is 1. The second-order valence-corrected chi connectivity index (χ2v) is 9.71. The number of aromatic nitrogens is 1. The molecule has 2 aliphatic rings. The van der Waals surface area contributed by atoms with E-state index in [9.17, 15) is 9.90 Å². The monoisotopic (exact) mass is 500 g/mol. The van der Waals surface area contributed by atoms with Gasteiger partial charge in [-0.15, -0.1) is 24.8 Å². The van der Waals surface area contributed by atoms with Gasteiger partial charge < -0.3 is 25.8 Å². The Labute approximate surface area is 209 Å². The summed E-state index contributed by atoms with van der Waals surface area (Å²) in [7, 11) is 1.63. The van der Waals surface area contributed by atoms with Gasteiger partial charge in [0.05, 0.1) is 12.9 Å². The Hall–Kier alpha value is -1.96. The third-order valence-electron chi connectivity index (χ3n) is 6.46. The normalized spacial score (nSPS) is 21.4. The standard InChI is InChI=1S/C24H36N4O3.2ClH/c1-23(2,3)19-12-21(31-4)24(14-20(19)29,13-17-7-10-26-11-8-17)28(22(25)30)16-18-6-5-9-27-15-18;;/h5-6,9,12,15,17,26,29H,7-8,10-11,13-14,16H2,1-4H3,(H2,25,30);2*1H. The molecule has 2 heterocycles. The molecule has 1 atom stereocenters. The van der Waals surface area contributed by atoms with E-state index in [4.69, 9.17) is 10.5 Å². The lowest BCUT2D eigenvalue weighted by atomic mass is 9.71. The van der Waals surface area contributed by atoms with Gasteiger partial charge in [0.2, 0.25) is 0 Å². The number of nitrogens with zero attached hydrogens (tertiary/aromatic N) is 2. The first kappa shape index (κ1) is 29.1. The van der Waals surface area contributed by atoms with Gasteiger partial charge in [0, 0.05) is 25.4 Å². The molecule has 1 fully saturated rings. The van der Waals surface area contributed by atoms with Crippen molar-refractivity contribution in [3.8, 4) is 0 Å². The summed E-state index contributed by atoms with van der Waals surface area (Å²) in [5, 5.41) is 14.6. The summed E-state index contributed by atoms with van der Waals surface area (Å²) in [5.41, 5.74) is 6.57. The van der Waals surface area contributed by atoms with E-state index in [1.807, 2.05) is 18.2 Å². The minimum Gasteiger partial charge on any atom is -0.512 e. The molecule has 0 spiro atoms. The van der Waals surface area contributed by atoms with E-state index in [-0.39, 0.29) is 36.6 Å². The van der Waals surface area contributed by atoms with Crippen LogP contribution >= 0.6 is 24.8 Å². The number of piperidine rings is 1. The van der Waals surface area contributed by atoms with E-state index in [0.717, 1.165) is 37.1 Å². The van der Waals surface area contributed by atoms with Gasteiger partial charge in [0.1, 0.15) is 11.3 Å². The van der Waals surface area contributed by atoms with Crippen LogP contribution in [0.5, 0.6) is 0 Å². The lowest BCUT2D eigenvalue weighted by Gasteiger charge is -2.48. The molecule has 3 rings (SSSR count). The number of carbonyl (C=O) groups excluding carboxylic acids is 1. The van der Waals surface area contributed by atoms with Crippen LogP contribution in [0.1, 0.15) is 52.0 Å². The molecule has 1 aliphatic heterocycles. The topological polar surface area (TPSA) is 101 Å². The Morgan fingerprint density at radius 1 is 1.33 bits per heavy atom. The molecule has 186 valence electrons. The van der Waals surface area contributed by atoms with Gasteiger partial charge >= 0.3 is 6.03 Å². The summed E-state index contributed by atoms with van der Waals surface area (Å²) in [6.07, 6.45) is 8.34. The molecule has 1 aliphatic carbocycles. The predicted octanol–water partition coefficient (Wildman–Crippen LogP) is 4.73. The van der Waals surface area contributed by atoms with E-state index < -0.39 is 11.6 Å². The molecule has 7 nitrogen and oxygen atoms in total. The average Bonchev–Trinajstić information content (AvgIpc) is 2.72. The number of carbonyl (C=O) groups is 1. The molecular formula is C24H38Cl2N4O3. The van der Waals surface area contributed by atoms with Crippen molar-refractivity contribution in [2.45, 2.75) is 58.5 Å². The summed E-state index contributed by atoms with van der Waals surface area (Å²) < 4.78 is 5.93. The number of hydrogen-bond acceptors (Lipinski definition) is 5. The number of nitrogens with two attached hydrogens (primary N) is 1. The van der Waals surface area contributed by atoms with Gasteiger partial charge in [-0.25, -0.2) is 4.79 Å². The smallest absolute Gasteiger partial charge is 0.315 e. The number of hydrogen-bond donors (Lipinski definition) is 3. The molecule has 1 saturated heterocycles. The van der Waals surface area contributed by atoms with Crippen LogP contribution in [0, 0.1) is 11.3 Å². The molecule has 0 radical (unpaired) electrons. The van der Waals surface area contributed by atoms with Crippen molar-refractivity contribution in [3.05, 3.63) is 53.3 Å². The molecule has 1 aromatic rings. The van der Waals surface area contributed by atoms with Crippen LogP contribution in [0.4, 0.5) is 4.79 Å². The number of amides is 2. The first-order valence-corrected chi connectivity index (χ1v) is 11.0. The fourth-order valence-electron chi connectivity index (χ4n) is 4.90. The van der Waals surface area contributed by atoms with Gasteiger partial charge in [-0.2, -0.15) is 0 Å². The van der Waals surface area contributed by atoms with Gasteiger partial charge in [-0.1, -0.05) is 26.8 Å². The highest BCUT2D eigenvalue weighted by atomic mass is 35.5. The SMILES string of the molecule is COC1=CC(C(C)(C)C)=C(O)CC1(CC1CCNCC1)N(Cc1cccnc1)C(N)=O.Cl.Cl. The van der Waals surface area contributed by atoms with Crippen LogP contribution in [0.3, 0.4) is 0 Å². The molecule has 0 bridgehead atoms. The predicted molar refractivity (Wildman–Crippen MR) is 136 cm³/mol. The third kappa shape index (κ3) is 6.55. The molecule has 1 aromatic heterocycles. The zero-order chi connectivity index (χ0) is 22.6. The highest BCUT2D eigenvalue weighted by Crippen LogP contribution is 2.46. The zero-order valence-electron chi connectivity index (χ0n) is 20.0. The number of pyridine rings is 1. The first-order chi connectivity index (χ1) is 14.7. The maximum absolute atomic E-state index is 12.8. The van der Waals surface area contributed by atoms with Gasteiger partial charge in [-0.05, 0) is 67.0 Å². The number of allylic oxidation sites excluding steroid dienone is 2. The Morgan fingerprint density at radius 3 is 2.52 bits per heavy atom. The Bertz CT molecular complexity index is 849. The van der Waals surface area contributed by atoms with Crippen LogP contribution in [-0.4, -0.2) is 46.8 Å². The van der Waals surface area contributed by atoms with Crippen molar-refractivity contribution in [2.75, 3.05) is 20.2 Å². The number of methoxy groups -OCH3 is 1. The number of primary amides is 1. The van der Waals surface area contributed by atoms with Crippen molar-refractivity contribution < 1.29 is 14.6 Å².